The van der Waals surface area contributed by atoms with Gasteiger partial charge in [0, 0.05) is 0 Å². The molecule has 0 bridgehead atoms. The minimum Gasteiger partial charge on any atom is -0.494 e. The van der Waals surface area contributed by atoms with Crippen LogP contribution in [0.3, 0.4) is 0 Å². The Kier molecular flexibility index (Phi) is 5.22. The molecule has 1 aromatic rings. The SMILES string of the molecule is CCCC1CCC(C#N)(Cc2ccc(OC)c(F)c2)CC1. The standard InChI is InChI=1S/C18H24FNO/c1-3-4-14-7-9-18(13-20,10-8-14)12-15-5-6-17(21-2)16(19)11-15/h5-6,11,14H,3-4,7-10,12H2,1-2H3. The summed E-state index contributed by atoms with van der Waals surface area (Å²) in [4.78, 5) is 0. The van der Waals surface area contributed by atoms with Gasteiger partial charge in [-0.2, -0.15) is 5.26 Å². The molecule has 1 saturated carbocycles. The molecule has 0 atom stereocenters. The summed E-state index contributed by atoms with van der Waals surface area (Å²) in [5.41, 5.74) is 0.578. The molecule has 1 aliphatic carbocycles. The third kappa shape index (κ3) is 3.75. The predicted molar refractivity (Wildman–Crippen MR) is 81.6 cm³/mol. The Morgan fingerprint density at radius 3 is 2.62 bits per heavy atom. The van der Waals surface area contributed by atoms with E-state index in [-0.39, 0.29) is 17.0 Å². The van der Waals surface area contributed by atoms with Gasteiger partial charge in [-0.25, -0.2) is 4.39 Å². The van der Waals surface area contributed by atoms with Crippen molar-refractivity contribution in [2.75, 3.05) is 7.11 Å². The largest absolute Gasteiger partial charge is 0.494 e. The summed E-state index contributed by atoms with van der Waals surface area (Å²) in [6, 6.07) is 7.56. The number of benzene rings is 1. The molecule has 2 rings (SSSR count). The molecule has 0 N–H and O–H groups in total. The first-order valence-electron chi connectivity index (χ1n) is 7.86. The number of halogens is 1. The maximum absolute atomic E-state index is 13.8. The maximum atomic E-state index is 13.8. The van der Waals surface area contributed by atoms with E-state index >= 15 is 0 Å². The molecule has 1 aliphatic rings. The molecule has 0 saturated heterocycles. The summed E-state index contributed by atoms with van der Waals surface area (Å²) in [5, 5.41) is 9.62. The van der Waals surface area contributed by atoms with E-state index in [1.165, 1.54) is 26.0 Å². The van der Waals surface area contributed by atoms with Crippen molar-refractivity contribution < 1.29 is 9.13 Å². The zero-order valence-corrected chi connectivity index (χ0v) is 13.0. The lowest BCUT2D eigenvalue weighted by atomic mass is 9.67. The second kappa shape index (κ2) is 6.93. The fraction of sp³-hybridized carbons (Fsp3) is 0.611. The predicted octanol–water partition coefficient (Wildman–Crippen LogP) is 4.88. The van der Waals surface area contributed by atoms with E-state index in [1.807, 2.05) is 6.07 Å². The first-order chi connectivity index (χ1) is 10.1. The molecular weight excluding hydrogens is 265 g/mol. The third-order valence-electron chi connectivity index (χ3n) is 4.76. The lowest BCUT2D eigenvalue weighted by molar-refractivity contribution is 0.200. The van der Waals surface area contributed by atoms with Crippen molar-refractivity contribution >= 4 is 0 Å². The topological polar surface area (TPSA) is 33.0 Å². The fourth-order valence-corrected chi connectivity index (χ4v) is 3.47. The number of hydrogen-bond acceptors (Lipinski definition) is 2. The van der Waals surface area contributed by atoms with Crippen LogP contribution in [0.1, 0.15) is 51.0 Å². The first kappa shape index (κ1) is 15.8. The van der Waals surface area contributed by atoms with Crippen molar-refractivity contribution in [3.05, 3.63) is 29.6 Å². The minimum atomic E-state index is -0.345. The second-order valence-corrected chi connectivity index (χ2v) is 6.27. The normalized spacial score (nSPS) is 25.3. The summed E-state index contributed by atoms with van der Waals surface area (Å²) >= 11 is 0. The van der Waals surface area contributed by atoms with Crippen LogP contribution in [0, 0.1) is 28.5 Å². The van der Waals surface area contributed by atoms with E-state index in [4.69, 9.17) is 4.74 Å². The van der Waals surface area contributed by atoms with E-state index in [2.05, 4.69) is 13.0 Å². The van der Waals surface area contributed by atoms with Crippen molar-refractivity contribution in [3.8, 4) is 11.8 Å². The van der Waals surface area contributed by atoms with Gasteiger partial charge >= 0.3 is 0 Å². The van der Waals surface area contributed by atoms with Crippen LogP contribution in [0.5, 0.6) is 5.75 Å². The summed E-state index contributed by atoms with van der Waals surface area (Å²) in [6.07, 6.45) is 7.24. The zero-order valence-electron chi connectivity index (χ0n) is 13.0. The van der Waals surface area contributed by atoms with E-state index in [0.29, 0.717) is 6.42 Å². The van der Waals surface area contributed by atoms with Crippen LogP contribution >= 0.6 is 0 Å². The van der Waals surface area contributed by atoms with Crippen LogP contribution in [0.15, 0.2) is 18.2 Å². The Balaban J connectivity index is 2.06. The molecule has 1 aromatic carbocycles. The van der Waals surface area contributed by atoms with Gasteiger partial charge in [0.05, 0.1) is 18.6 Å². The fourth-order valence-electron chi connectivity index (χ4n) is 3.47. The van der Waals surface area contributed by atoms with Gasteiger partial charge < -0.3 is 4.74 Å². The monoisotopic (exact) mass is 289 g/mol. The van der Waals surface area contributed by atoms with Crippen LogP contribution in [0.4, 0.5) is 4.39 Å². The number of rotatable bonds is 5. The molecule has 0 aliphatic heterocycles. The number of methoxy groups -OCH3 is 1. The summed E-state index contributed by atoms with van der Waals surface area (Å²) in [7, 11) is 1.46. The van der Waals surface area contributed by atoms with Crippen LogP contribution in [-0.4, -0.2) is 7.11 Å². The molecule has 0 amide bonds. The number of nitrogens with zero attached hydrogens (tertiary/aromatic N) is 1. The number of hydrogen-bond donors (Lipinski definition) is 0. The molecule has 0 heterocycles. The zero-order chi connectivity index (χ0) is 15.3. The van der Waals surface area contributed by atoms with Gasteiger partial charge in [0.25, 0.3) is 0 Å². The summed E-state index contributed by atoms with van der Waals surface area (Å²) in [6.45, 7) is 2.21. The summed E-state index contributed by atoms with van der Waals surface area (Å²) in [5.74, 6) is 0.684. The smallest absolute Gasteiger partial charge is 0.165 e. The molecule has 21 heavy (non-hydrogen) atoms. The van der Waals surface area contributed by atoms with Crippen LogP contribution in [0.2, 0.25) is 0 Å². The van der Waals surface area contributed by atoms with Gasteiger partial charge in [-0.1, -0.05) is 25.8 Å². The van der Waals surface area contributed by atoms with Gasteiger partial charge in [0.1, 0.15) is 0 Å². The van der Waals surface area contributed by atoms with E-state index in [1.54, 1.807) is 6.07 Å². The number of ether oxygens (including phenoxy) is 1. The second-order valence-electron chi connectivity index (χ2n) is 6.27. The Hall–Kier alpha value is -1.56. The highest BCUT2D eigenvalue weighted by atomic mass is 19.1. The Labute approximate surface area is 126 Å². The molecule has 3 heteroatoms. The van der Waals surface area contributed by atoms with Crippen molar-refractivity contribution in [2.45, 2.75) is 51.9 Å². The van der Waals surface area contributed by atoms with Gasteiger partial charge in [-0.3, -0.25) is 0 Å². The van der Waals surface area contributed by atoms with E-state index in [0.717, 1.165) is 37.2 Å². The van der Waals surface area contributed by atoms with Crippen molar-refractivity contribution in [3.63, 3.8) is 0 Å². The van der Waals surface area contributed by atoms with Crippen molar-refractivity contribution in [1.29, 1.82) is 5.26 Å². The molecule has 0 spiro atoms. The van der Waals surface area contributed by atoms with Gasteiger partial charge in [-0.05, 0) is 55.7 Å². The molecule has 0 radical (unpaired) electrons. The average Bonchev–Trinajstić information content (AvgIpc) is 2.50. The molecule has 1 fully saturated rings. The van der Waals surface area contributed by atoms with Gasteiger partial charge in [-0.15, -0.1) is 0 Å². The highest BCUT2D eigenvalue weighted by Gasteiger charge is 2.35. The Morgan fingerprint density at radius 2 is 2.10 bits per heavy atom. The van der Waals surface area contributed by atoms with E-state index < -0.39 is 0 Å². The lowest BCUT2D eigenvalue weighted by Crippen LogP contribution is -2.28. The first-order valence-corrected chi connectivity index (χ1v) is 7.86. The van der Waals surface area contributed by atoms with Crippen molar-refractivity contribution in [1.82, 2.24) is 0 Å². The molecule has 114 valence electrons. The van der Waals surface area contributed by atoms with Crippen LogP contribution < -0.4 is 4.74 Å². The van der Waals surface area contributed by atoms with Gasteiger partial charge in [0.2, 0.25) is 0 Å². The quantitative estimate of drug-likeness (QED) is 0.774. The molecule has 0 unspecified atom stereocenters. The summed E-state index contributed by atoms with van der Waals surface area (Å²) < 4.78 is 18.7. The minimum absolute atomic E-state index is 0.261. The number of nitriles is 1. The Bertz CT molecular complexity index is 512. The van der Waals surface area contributed by atoms with Crippen LogP contribution in [0.25, 0.3) is 0 Å². The van der Waals surface area contributed by atoms with Crippen LogP contribution in [-0.2, 0) is 6.42 Å². The molecular formula is C18H24FNO. The van der Waals surface area contributed by atoms with E-state index in [9.17, 15) is 9.65 Å². The highest BCUT2D eigenvalue weighted by molar-refractivity contribution is 5.30. The maximum Gasteiger partial charge on any atom is 0.165 e. The Morgan fingerprint density at radius 1 is 1.38 bits per heavy atom. The average molecular weight is 289 g/mol. The van der Waals surface area contributed by atoms with Gasteiger partial charge in [0.15, 0.2) is 11.6 Å². The van der Waals surface area contributed by atoms with Crippen molar-refractivity contribution in [2.24, 2.45) is 11.3 Å². The molecule has 2 nitrogen and oxygen atoms in total. The lowest BCUT2D eigenvalue weighted by Gasteiger charge is -2.35. The third-order valence-corrected chi connectivity index (χ3v) is 4.76. The molecule has 0 aromatic heterocycles. The highest BCUT2D eigenvalue weighted by Crippen LogP contribution is 2.42.